The molecule has 1 aliphatic rings. The van der Waals surface area contributed by atoms with Crippen molar-refractivity contribution in [1.82, 2.24) is 0 Å². The second-order valence-corrected chi connectivity index (χ2v) is 6.18. The van der Waals surface area contributed by atoms with Crippen LogP contribution in [0.5, 0.6) is 11.5 Å². The first-order chi connectivity index (χ1) is 13.2. The third-order valence-corrected chi connectivity index (χ3v) is 4.01. The maximum Gasteiger partial charge on any atom is 0.416 e. The molecular weight excluding hydrogens is 377 g/mol. The van der Waals surface area contributed by atoms with Crippen molar-refractivity contribution in [3.05, 3.63) is 47.5 Å². The van der Waals surface area contributed by atoms with Crippen LogP contribution in [0.1, 0.15) is 24.5 Å². The summed E-state index contributed by atoms with van der Waals surface area (Å²) in [4.78, 5) is 23.5. The molecule has 0 saturated heterocycles. The average Bonchev–Trinajstić information content (AvgIpc) is 3.08. The van der Waals surface area contributed by atoms with Gasteiger partial charge in [-0.3, -0.25) is 9.59 Å². The van der Waals surface area contributed by atoms with E-state index in [1.807, 2.05) is 0 Å². The van der Waals surface area contributed by atoms with Crippen LogP contribution in [0.15, 0.2) is 36.4 Å². The van der Waals surface area contributed by atoms with E-state index >= 15 is 0 Å². The highest BCUT2D eigenvalue weighted by molar-refractivity contribution is 5.99. The molecular formula is C19H17F3N2O4. The lowest BCUT2D eigenvalue weighted by Gasteiger charge is -2.15. The van der Waals surface area contributed by atoms with Gasteiger partial charge in [-0.2, -0.15) is 13.2 Å². The molecule has 2 N–H and O–H groups in total. The summed E-state index contributed by atoms with van der Waals surface area (Å²) in [5, 5.41) is 4.85. The van der Waals surface area contributed by atoms with E-state index < -0.39 is 23.6 Å². The zero-order valence-electron chi connectivity index (χ0n) is 14.9. The van der Waals surface area contributed by atoms with Crippen molar-refractivity contribution in [2.45, 2.75) is 25.9 Å². The minimum Gasteiger partial charge on any atom is -0.454 e. The minimum absolute atomic E-state index is 0.0371. The zero-order chi connectivity index (χ0) is 20.3. The normalized spacial score (nSPS) is 12.6. The van der Waals surface area contributed by atoms with Crippen molar-refractivity contribution in [2.75, 3.05) is 17.4 Å². The number of rotatable bonds is 5. The number of hydrogen-bond donors (Lipinski definition) is 2. The Hall–Kier alpha value is -3.23. The molecule has 3 rings (SSSR count). The first kappa shape index (κ1) is 19.5. The lowest BCUT2D eigenvalue weighted by Crippen LogP contribution is -2.16. The molecule has 0 aromatic heterocycles. The summed E-state index contributed by atoms with van der Waals surface area (Å²) in [6.45, 7) is 1.36. The van der Waals surface area contributed by atoms with Crippen LogP contribution in [0.3, 0.4) is 0 Å². The largest absolute Gasteiger partial charge is 0.454 e. The number of alkyl halides is 3. The van der Waals surface area contributed by atoms with Gasteiger partial charge in [0.1, 0.15) is 0 Å². The Kier molecular flexibility index (Phi) is 5.43. The highest BCUT2D eigenvalue weighted by Crippen LogP contribution is 2.35. The van der Waals surface area contributed by atoms with Crippen LogP contribution in [0.2, 0.25) is 0 Å². The highest BCUT2D eigenvalue weighted by Gasteiger charge is 2.31. The molecule has 2 aromatic carbocycles. The number of benzene rings is 2. The highest BCUT2D eigenvalue weighted by atomic mass is 19.4. The maximum absolute atomic E-state index is 13.0. The Balaban J connectivity index is 1.70. The molecule has 0 saturated carbocycles. The van der Waals surface area contributed by atoms with Gasteiger partial charge >= 0.3 is 6.18 Å². The van der Waals surface area contributed by atoms with Gasteiger partial charge in [0.2, 0.25) is 18.6 Å². The molecule has 0 unspecified atom stereocenters. The number of anilines is 2. The number of amides is 2. The summed E-state index contributed by atoms with van der Waals surface area (Å²) in [7, 11) is 0. The Morgan fingerprint density at radius 1 is 1.00 bits per heavy atom. The molecule has 0 spiro atoms. The standard InChI is InChI=1S/C19H17F3N2O4/c1-11(25)23-14-5-4-13(19(20,21)22)9-15(14)24-18(26)7-3-12-2-6-16-17(8-12)28-10-27-16/h2,4-6,8-9H,3,7,10H2,1H3,(H,23,25)(H,24,26). The predicted molar refractivity (Wildman–Crippen MR) is 95.3 cm³/mol. The summed E-state index contributed by atoms with van der Waals surface area (Å²) < 4.78 is 49.4. The Morgan fingerprint density at radius 3 is 2.46 bits per heavy atom. The topological polar surface area (TPSA) is 76.7 Å². The molecule has 9 heteroatoms. The molecule has 148 valence electrons. The van der Waals surface area contributed by atoms with E-state index in [2.05, 4.69) is 10.6 Å². The Morgan fingerprint density at radius 2 is 1.75 bits per heavy atom. The van der Waals surface area contributed by atoms with Gasteiger partial charge in [0.15, 0.2) is 11.5 Å². The number of nitrogens with one attached hydrogen (secondary N) is 2. The van der Waals surface area contributed by atoms with Crippen LogP contribution < -0.4 is 20.1 Å². The van der Waals surface area contributed by atoms with Crippen molar-refractivity contribution >= 4 is 23.2 Å². The van der Waals surface area contributed by atoms with Crippen molar-refractivity contribution < 1.29 is 32.2 Å². The van der Waals surface area contributed by atoms with E-state index in [4.69, 9.17) is 9.47 Å². The summed E-state index contributed by atoms with van der Waals surface area (Å²) in [6, 6.07) is 8.02. The smallest absolute Gasteiger partial charge is 0.416 e. The van der Waals surface area contributed by atoms with E-state index in [0.29, 0.717) is 17.9 Å². The second kappa shape index (κ2) is 7.79. The van der Waals surface area contributed by atoms with E-state index in [9.17, 15) is 22.8 Å². The lowest BCUT2D eigenvalue weighted by atomic mass is 10.1. The fraction of sp³-hybridized carbons (Fsp3) is 0.263. The molecule has 1 aliphatic heterocycles. The first-order valence-corrected chi connectivity index (χ1v) is 8.39. The van der Waals surface area contributed by atoms with Crippen molar-refractivity contribution in [2.24, 2.45) is 0 Å². The minimum atomic E-state index is -4.57. The number of hydrogen-bond acceptors (Lipinski definition) is 4. The van der Waals surface area contributed by atoms with Gasteiger partial charge in [-0.25, -0.2) is 0 Å². The van der Waals surface area contributed by atoms with Crippen LogP contribution in [-0.4, -0.2) is 18.6 Å². The molecule has 0 fully saturated rings. The van der Waals surface area contributed by atoms with Gasteiger partial charge < -0.3 is 20.1 Å². The maximum atomic E-state index is 13.0. The molecule has 28 heavy (non-hydrogen) atoms. The summed E-state index contributed by atoms with van der Waals surface area (Å²) in [5.74, 6) is 0.264. The number of ether oxygens (including phenoxy) is 2. The molecule has 1 heterocycles. The number of carbonyl (C=O) groups is 2. The summed E-state index contributed by atoms with van der Waals surface area (Å²) in [5.41, 5.74) is -0.115. The molecule has 0 aliphatic carbocycles. The van der Waals surface area contributed by atoms with Gasteiger partial charge in [-0.1, -0.05) is 6.07 Å². The number of aryl methyl sites for hydroxylation is 1. The monoisotopic (exact) mass is 394 g/mol. The van der Waals surface area contributed by atoms with E-state index in [1.165, 1.54) is 6.92 Å². The van der Waals surface area contributed by atoms with Gasteiger partial charge in [-0.05, 0) is 42.3 Å². The number of fused-ring (bicyclic) bond motifs is 1. The second-order valence-electron chi connectivity index (χ2n) is 6.18. The summed E-state index contributed by atoms with van der Waals surface area (Å²) >= 11 is 0. The average molecular weight is 394 g/mol. The van der Waals surface area contributed by atoms with Gasteiger partial charge in [0.25, 0.3) is 0 Å². The van der Waals surface area contributed by atoms with Crippen LogP contribution >= 0.6 is 0 Å². The molecule has 2 amide bonds. The van der Waals surface area contributed by atoms with Crippen LogP contribution in [0.4, 0.5) is 24.5 Å². The summed E-state index contributed by atoms with van der Waals surface area (Å²) in [6.07, 6.45) is -4.17. The molecule has 2 aromatic rings. The van der Waals surface area contributed by atoms with Gasteiger partial charge in [0, 0.05) is 13.3 Å². The third kappa shape index (κ3) is 4.73. The van der Waals surface area contributed by atoms with Crippen molar-refractivity contribution in [1.29, 1.82) is 0 Å². The van der Waals surface area contributed by atoms with Crippen LogP contribution in [0, 0.1) is 0 Å². The Labute approximate surface area is 158 Å². The lowest BCUT2D eigenvalue weighted by molar-refractivity contribution is -0.137. The molecule has 0 radical (unpaired) electrons. The SMILES string of the molecule is CC(=O)Nc1ccc(C(F)(F)F)cc1NC(=O)CCc1ccc2c(c1)OCO2. The van der Waals surface area contributed by atoms with Crippen molar-refractivity contribution in [3.8, 4) is 11.5 Å². The quantitative estimate of drug-likeness (QED) is 0.805. The predicted octanol–water partition coefficient (Wildman–Crippen LogP) is 3.96. The third-order valence-electron chi connectivity index (χ3n) is 4.01. The fourth-order valence-corrected chi connectivity index (χ4v) is 2.69. The van der Waals surface area contributed by atoms with E-state index in [-0.39, 0.29) is 24.6 Å². The van der Waals surface area contributed by atoms with Crippen LogP contribution in [0.25, 0.3) is 0 Å². The number of carbonyl (C=O) groups excluding carboxylic acids is 2. The van der Waals surface area contributed by atoms with E-state index in [1.54, 1.807) is 18.2 Å². The Bertz CT molecular complexity index is 913. The zero-order valence-corrected chi connectivity index (χ0v) is 14.9. The number of halogens is 3. The van der Waals surface area contributed by atoms with Gasteiger partial charge in [-0.15, -0.1) is 0 Å². The molecule has 0 bridgehead atoms. The molecule has 6 nitrogen and oxygen atoms in total. The fourth-order valence-electron chi connectivity index (χ4n) is 2.69. The van der Waals surface area contributed by atoms with Crippen LogP contribution in [-0.2, 0) is 22.2 Å². The van der Waals surface area contributed by atoms with Gasteiger partial charge in [0.05, 0.1) is 16.9 Å². The first-order valence-electron chi connectivity index (χ1n) is 8.39. The molecule has 0 atom stereocenters. The van der Waals surface area contributed by atoms with E-state index in [0.717, 1.165) is 23.8 Å². The van der Waals surface area contributed by atoms with Crippen molar-refractivity contribution in [3.63, 3.8) is 0 Å².